The van der Waals surface area contributed by atoms with Gasteiger partial charge in [-0.2, -0.15) is 0 Å². The van der Waals surface area contributed by atoms with Crippen molar-refractivity contribution in [2.75, 3.05) is 6.61 Å². The predicted octanol–water partition coefficient (Wildman–Crippen LogP) is 0.635. The number of fused-ring (bicyclic) bond motifs is 1. The lowest BCUT2D eigenvalue weighted by atomic mass is 9.89. The monoisotopic (exact) mass is 452 g/mol. The molecule has 1 saturated carbocycles. The Hall–Kier alpha value is -2.37. The van der Waals surface area contributed by atoms with Gasteiger partial charge in [0.2, 0.25) is 12.0 Å². The van der Waals surface area contributed by atoms with Crippen molar-refractivity contribution in [3.8, 4) is 17.2 Å². The van der Waals surface area contributed by atoms with Crippen LogP contribution in [0.3, 0.4) is 0 Å². The van der Waals surface area contributed by atoms with Gasteiger partial charge < -0.3 is 44.2 Å². The van der Waals surface area contributed by atoms with Gasteiger partial charge in [0.1, 0.15) is 35.7 Å². The van der Waals surface area contributed by atoms with E-state index in [1.165, 1.54) is 18.2 Å². The third-order valence-electron chi connectivity index (χ3n) is 6.16. The second-order valence-corrected chi connectivity index (χ2v) is 8.54. The van der Waals surface area contributed by atoms with Crippen molar-refractivity contribution in [3.05, 3.63) is 28.6 Å². The molecule has 1 aliphatic heterocycles. The third kappa shape index (κ3) is 4.41. The molecule has 0 amide bonds. The minimum absolute atomic E-state index is 0.0511. The highest BCUT2D eigenvalue weighted by Gasteiger charge is 2.44. The molecule has 0 bridgehead atoms. The molecule has 0 radical (unpaired) electrons. The van der Waals surface area contributed by atoms with Crippen LogP contribution in [0, 0.1) is 5.92 Å². The molecule has 2 aromatic rings. The van der Waals surface area contributed by atoms with Crippen LogP contribution >= 0.6 is 0 Å². The highest BCUT2D eigenvalue weighted by molar-refractivity contribution is 5.86. The van der Waals surface area contributed by atoms with Crippen LogP contribution in [0.5, 0.6) is 17.2 Å². The number of aliphatic hydroxyl groups excluding tert-OH is 4. The summed E-state index contributed by atoms with van der Waals surface area (Å²) >= 11 is 0. The summed E-state index contributed by atoms with van der Waals surface area (Å²) in [4.78, 5) is 12.2. The molecule has 0 unspecified atom stereocenters. The summed E-state index contributed by atoms with van der Waals surface area (Å²) in [5.41, 5.74) is -0.865. The van der Waals surface area contributed by atoms with Crippen molar-refractivity contribution in [3.63, 3.8) is 0 Å². The summed E-state index contributed by atoms with van der Waals surface area (Å²) < 4.78 is 22.1. The van der Waals surface area contributed by atoms with Gasteiger partial charge in [-0.3, -0.25) is 0 Å². The van der Waals surface area contributed by atoms with Gasteiger partial charge in [0.15, 0.2) is 5.75 Å². The zero-order chi connectivity index (χ0) is 23.0. The normalized spacial score (nSPS) is 33.2. The first kappa shape index (κ1) is 22.8. The zero-order valence-corrected chi connectivity index (χ0v) is 17.6. The number of aliphatic hydroxyl groups is 4. The van der Waals surface area contributed by atoms with E-state index in [2.05, 4.69) is 6.92 Å². The number of benzene rings is 1. The molecule has 1 aromatic heterocycles. The maximum absolute atomic E-state index is 12.2. The second-order valence-electron chi connectivity index (χ2n) is 8.54. The fourth-order valence-corrected chi connectivity index (χ4v) is 4.15. The molecule has 1 saturated heterocycles. The van der Waals surface area contributed by atoms with Crippen LogP contribution in [0.1, 0.15) is 32.6 Å². The first-order chi connectivity index (χ1) is 15.3. The molecule has 2 fully saturated rings. The van der Waals surface area contributed by atoms with E-state index in [0.29, 0.717) is 11.3 Å². The van der Waals surface area contributed by atoms with Gasteiger partial charge in [0, 0.05) is 6.07 Å². The number of hydrogen-bond donors (Lipinski definition) is 5. The van der Waals surface area contributed by atoms with Crippen molar-refractivity contribution >= 4 is 11.0 Å². The molecule has 32 heavy (non-hydrogen) atoms. The molecule has 176 valence electrons. The van der Waals surface area contributed by atoms with Gasteiger partial charge in [-0.25, -0.2) is 4.79 Å². The van der Waals surface area contributed by atoms with Crippen molar-refractivity contribution in [1.82, 2.24) is 0 Å². The zero-order valence-electron chi connectivity index (χ0n) is 17.6. The Morgan fingerprint density at radius 3 is 2.44 bits per heavy atom. The van der Waals surface area contributed by atoms with Gasteiger partial charge >= 0.3 is 5.63 Å². The number of ether oxygens (including phenoxy) is 3. The third-order valence-corrected chi connectivity index (χ3v) is 6.16. The summed E-state index contributed by atoms with van der Waals surface area (Å²) in [7, 11) is 0. The molecule has 4 rings (SSSR count). The highest BCUT2D eigenvalue weighted by Crippen LogP contribution is 2.37. The van der Waals surface area contributed by atoms with Crippen LogP contribution in [-0.4, -0.2) is 68.9 Å². The lowest BCUT2D eigenvalue weighted by Crippen LogP contribution is -2.60. The van der Waals surface area contributed by atoms with Gasteiger partial charge in [0.25, 0.3) is 0 Å². The fourth-order valence-electron chi connectivity index (χ4n) is 4.15. The van der Waals surface area contributed by atoms with E-state index in [4.69, 9.17) is 18.6 Å². The van der Waals surface area contributed by atoms with E-state index < -0.39 is 48.7 Å². The van der Waals surface area contributed by atoms with Gasteiger partial charge in [-0.1, -0.05) is 6.92 Å². The Balaban J connectivity index is 1.59. The second kappa shape index (κ2) is 9.24. The highest BCUT2D eigenvalue weighted by atomic mass is 16.7. The van der Waals surface area contributed by atoms with Crippen LogP contribution in [0.2, 0.25) is 0 Å². The van der Waals surface area contributed by atoms with E-state index in [9.17, 15) is 30.3 Å². The van der Waals surface area contributed by atoms with Crippen LogP contribution in [0.15, 0.2) is 27.4 Å². The molecule has 10 heteroatoms. The standard InChI is InChI=1S/C22H28O10/c1-10-2-4-11(5-3-10)29-20-13-7-6-12(8-14(13)31-21(28)19(20)27)30-22-18(26)17(25)16(24)15(9-23)32-22/h6-8,10-11,15-18,22-27H,2-5,9H2,1H3/t10-,11-,15-,16+,17+,18-,22-/m1/s1. The lowest BCUT2D eigenvalue weighted by molar-refractivity contribution is -0.277. The van der Waals surface area contributed by atoms with E-state index in [-0.39, 0.29) is 23.2 Å². The average molecular weight is 452 g/mol. The largest absolute Gasteiger partial charge is 0.499 e. The topological polar surface area (TPSA) is 159 Å². The Labute approximate surface area is 183 Å². The Morgan fingerprint density at radius 2 is 1.75 bits per heavy atom. The smallest absolute Gasteiger partial charge is 0.382 e. The quantitative estimate of drug-likeness (QED) is 0.407. The van der Waals surface area contributed by atoms with E-state index in [1.54, 1.807) is 0 Å². The van der Waals surface area contributed by atoms with Crippen LogP contribution in [-0.2, 0) is 4.74 Å². The summed E-state index contributed by atoms with van der Waals surface area (Å²) in [5, 5.41) is 49.9. The number of rotatable bonds is 5. The number of hydrogen-bond acceptors (Lipinski definition) is 10. The summed E-state index contributed by atoms with van der Waals surface area (Å²) in [6.07, 6.45) is -3.64. The molecule has 1 aliphatic carbocycles. The van der Waals surface area contributed by atoms with Crippen molar-refractivity contribution in [1.29, 1.82) is 0 Å². The molecular formula is C22H28O10. The van der Waals surface area contributed by atoms with Crippen LogP contribution < -0.4 is 15.1 Å². The Morgan fingerprint density at radius 1 is 1.03 bits per heavy atom. The van der Waals surface area contributed by atoms with Gasteiger partial charge in [0.05, 0.1) is 18.1 Å². The molecule has 10 nitrogen and oxygen atoms in total. The molecule has 2 aliphatic rings. The van der Waals surface area contributed by atoms with Crippen LogP contribution in [0.4, 0.5) is 0 Å². The summed E-state index contributed by atoms with van der Waals surface area (Å²) in [6, 6.07) is 4.41. The molecule has 0 spiro atoms. The summed E-state index contributed by atoms with van der Waals surface area (Å²) in [6.45, 7) is 1.59. The first-order valence-corrected chi connectivity index (χ1v) is 10.7. The van der Waals surface area contributed by atoms with Crippen LogP contribution in [0.25, 0.3) is 11.0 Å². The molecule has 2 heterocycles. The van der Waals surface area contributed by atoms with Crippen molar-refractivity contribution in [2.24, 2.45) is 5.92 Å². The Bertz CT molecular complexity index is 994. The van der Waals surface area contributed by atoms with E-state index in [1.807, 2.05) is 0 Å². The molecular weight excluding hydrogens is 424 g/mol. The van der Waals surface area contributed by atoms with Gasteiger partial charge in [-0.15, -0.1) is 0 Å². The molecule has 5 N–H and O–H groups in total. The maximum atomic E-state index is 12.2. The van der Waals surface area contributed by atoms with Crippen molar-refractivity contribution < 1.29 is 44.2 Å². The SMILES string of the molecule is C[C@H]1CC[C@H](Oc2c(O)c(=O)oc3cc(O[C@@H]4O[C@H](CO)[C@H](O)[C@H](O)[C@H]4O)ccc23)CC1. The van der Waals surface area contributed by atoms with E-state index in [0.717, 1.165) is 25.7 Å². The molecule has 1 aromatic carbocycles. The van der Waals surface area contributed by atoms with E-state index >= 15 is 0 Å². The number of aromatic hydroxyl groups is 1. The average Bonchev–Trinajstić information content (AvgIpc) is 2.78. The Kier molecular flexibility index (Phi) is 6.59. The predicted molar refractivity (Wildman–Crippen MR) is 111 cm³/mol. The first-order valence-electron chi connectivity index (χ1n) is 10.7. The minimum Gasteiger partial charge on any atom is -0.499 e. The minimum atomic E-state index is -1.58. The maximum Gasteiger partial charge on any atom is 0.382 e. The van der Waals surface area contributed by atoms with Gasteiger partial charge in [-0.05, 0) is 43.7 Å². The summed E-state index contributed by atoms with van der Waals surface area (Å²) in [5.74, 6) is 0.199. The lowest BCUT2D eigenvalue weighted by Gasteiger charge is -2.39. The van der Waals surface area contributed by atoms with Crippen molar-refractivity contribution in [2.45, 2.75) is 69.4 Å². The fraction of sp³-hybridized carbons (Fsp3) is 0.591. The molecule has 5 atom stereocenters.